The summed E-state index contributed by atoms with van der Waals surface area (Å²) >= 11 is 0. The van der Waals surface area contributed by atoms with Gasteiger partial charge in [-0.2, -0.15) is 5.10 Å². The summed E-state index contributed by atoms with van der Waals surface area (Å²) in [6.45, 7) is 1.27. The molecular weight excluding hydrogens is 246 g/mol. The molecule has 0 saturated heterocycles. The van der Waals surface area contributed by atoms with E-state index < -0.39 is 0 Å². The highest BCUT2D eigenvalue weighted by Gasteiger charge is 2.27. The van der Waals surface area contributed by atoms with Gasteiger partial charge < -0.3 is 5.32 Å². The third kappa shape index (κ3) is 4.08. The Labute approximate surface area is 123 Å². The first kappa shape index (κ1) is 14.1. The van der Waals surface area contributed by atoms with Gasteiger partial charge in [0.15, 0.2) is 0 Å². The summed E-state index contributed by atoms with van der Waals surface area (Å²) in [5, 5.41) is 8.06. The van der Waals surface area contributed by atoms with E-state index in [0.717, 1.165) is 17.9 Å². The Hall–Kier alpha value is -0.830. The molecule has 3 nitrogen and oxygen atoms in total. The molecule has 2 unspecified atom stereocenters. The molecule has 1 N–H and O–H groups in total. The summed E-state index contributed by atoms with van der Waals surface area (Å²) in [5.41, 5.74) is 1.41. The number of aromatic nitrogens is 2. The van der Waals surface area contributed by atoms with Gasteiger partial charge in [0.05, 0.1) is 6.20 Å². The molecule has 2 atom stereocenters. The van der Waals surface area contributed by atoms with E-state index in [-0.39, 0.29) is 0 Å². The Kier molecular flexibility index (Phi) is 4.77. The molecule has 0 aromatic carbocycles. The highest BCUT2D eigenvalue weighted by atomic mass is 15.2. The van der Waals surface area contributed by atoms with Gasteiger partial charge in [-0.05, 0) is 56.0 Å². The molecule has 2 saturated carbocycles. The molecule has 0 radical (unpaired) electrons. The van der Waals surface area contributed by atoms with Crippen molar-refractivity contribution < 1.29 is 0 Å². The van der Waals surface area contributed by atoms with Gasteiger partial charge >= 0.3 is 0 Å². The van der Waals surface area contributed by atoms with Crippen LogP contribution in [0, 0.1) is 11.8 Å². The predicted molar refractivity (Wildman–Crippen MR) is 82.6 cm³/mol. The van der Waals surface area contributed by atoms with Crippen LogP contribution in [0.2, 0.25) is 0 Å². The van der Waals surface area contributed by atoms with Crippen LogP contribution in [0.15, 0.2) is 12.4 Å². The van der Waals surface area contributed by atoms with Crippen molar-refractivity contribution in [1.29, 1.82) is 0 Å². The molecule has 0 aliphatic heterocycles. The lowest BCUT2D eigenvalue weighted by atomic mass is 9.83. The van der Waals surface area contributed by atoms with E-state index >= 15 is 0 Å². The van der Waals surface area contributed by atoms with E-state index in [9.17, 15) is 0 Å². The number of rotatable bonds is 6. The standard InChI is InChI=1S/C17H29N3/c1-20-13-14(11-19-20)7-8-15-5-3-2-4-6-16(15)12-18-17-9-10-17/h11,13,15-18H,2-10,12H2,1H3. The van der Waals surface area contributed by atoms with Crippen LogP contribution < -0.4 is 5.32 Å². The SMILES string of the molecule is Cn1cc(CCC2CCCCCC2CNC2CC2)cn1. The third-order valence-electron chi connectivity index (χ3n) is 5.12. The fraction of sp³-hybridized carbons (Fsp3) is 0.824. The lowest BCUT2D eigenvalue weighted by Gasteiger charge is -2.25. The van der Waals surface area contributed by atoms with Gasteiger partial charge in [0.2, 0.25) is 0 Å². The first-order valence-electron chi connectivity index (χ1n) is 8.52. The molecule has 1 aromatic heterocycles. The van der Waals surface area contributed by atoms with Crippen molar-refractivity contribution in [2.75, 3.05) is 6.54 Å². The third-order valence-corrected chi connectivity index (χ3v) is 5.12. The molecule has 3 heteroatoms. The fourth-order valence-corrected chi connectivity index (χ4v) is 3.67. The smallest absolute Gasteiger partial charge is 0.0521 e. The van der Waals surface area contributed by atoms with Crippen molar-refractivity contribution in [2.24, 2.45) is 18.9 Å². The summed E-state index contributed by atoms with van der Waals surface area (Å²) in [6.07, 6.45) is 16.8. The quantitative estimate of drug-likeness (QED) is 0.807. The average Bonchev–Trinajstić information content (AvgIpc) is 3.21. The van der Waals surface area contributed by atoms with Gasteiger partial charge in [0, 0.05) is 19.3 Å². The van der Waals surface area contributed by atoms with E-state index in [0.29, 0.717) is 0 Å². The second-order valence-corrected chi connectivity index (χ2v) is 6.90. The van der Waals surface area contributed by atoms with E-state index in [1.807, 2.05) is 17.9 Å². The number of hydrogen-bond acceptors (Lipinski definition) is 2. The topological polar surface area (TPSA) is 29.9 Å². The van der Waals surface area contributed by atoms with Crippen LogP contribution in [-0.4, -0.2) is 22.4 Å². The maximum atomic E-state index is 4.29. The minimum Gasteiger partial charge on any atom is -0.314 e. The Bertz CT molecular complexity index is 408. The molecule has 1 heterocycles. The van der Waals surface area contributed by atoms with Gasteiger partial charge in [0.1, 0.15) is 0 Å². The lowest BCUT2D eigenvalue weighted by Crippen LogP contribution is -2.29. The maximum absolute atomic E-state index is 4.29. The Morgan fingerprint density at radius 3 is 2.65 bits per heavy atom. The van der Waals surface area contributed by atoms with E-state index in [4.69, 9.17) is 0 Å². The Morgan fingerprint density at radius 1 is 1.15 bits per heavy atom. The van der Waals surface area contributed by atoms with Crippen molar-refractivity contribution in [2.45, 2.75) is 63.8 Å². The molecule has 2 aliphatic carbocycles. The van der Waals surface area contributed by atoms with Crippen molar-refractivity contribution >= 4 is 0 Å². The summed E-state index contributed by atoms with van der Waals surface area (Å²) < 4.78 is 1.93. The summed E-state index contributed by atoms with van der Waals surface area (Å²) in [5.74, 6) is 1.83. The van der Waals surface area contributed by atoms with Gasteiger partial charge in [0.25, 0.3) is 0 Å². The molecule has 2 fully saturated rings. The zero-order valence-electron chi connectivity index (χ0n) is 12.9. The van der Waals surface area contributed by atoms with Crippen LogP contribution in [0.5, 0.6) is 0 Å². The van der Waals surface area contributed by atoms with Crippen LogP contribution in [0.4, 0.5) is 0 Å². The number of hydrogen-bond donors (Lipinski definition) is 1. The highest BCUT2D eigenvalue weighted by molar-refractivity contribution is 5.03. The number of nitrogens with zero attached hydrogens (tertiary/aromatic N) is 2. The van der Waals surface area contributed by atoms with E-state index in [1.54, 1.807) is 0 Å². The average molecular weight is 275 g/mol. The Morgan fingerprint density at radius 2 is 1.95 bits per heavy atom. The van der Waals surface area contributed by atoms with Gasteiger partial charge in [-0.15, -0.1) is 0 Å². The van der Waals surface area contributed by atoms with Gasteiger partial charge in [-0.1, -0.05) is 25.7 Å². The van der Waals surface area contributed by atoms with Crippen LogP contribution in [-0.2, 0) is 13.5 Å². The van der Waals surface area contributed by atoms with Crippen LogP contribution >= 0.6 is 0 Å². The normalized spacial score (nSPS) is 27.4. The second kappa shape index (κ2) is 6.75. The van der Waals surface area contributed by atoms with Crippen molar-refractivity contribution in [3.8, 4) is 0 Å². The molecule has 0 amide bonds. The van der Waals surface area contributed by atoms with Crippen molar-refractivity contribution in [1.82, 2.24) is 15.1 Å². The molecule has 20 heavy (non-hydrogen) atoms. The highest BCUT2D eigenvalue weighted by Crippen LogP contribution is 2.32. The van der Waals surface area contributed by atoms with E-state index in [2.05, 4.69) is 16.6 Å². The minimum atomic E-state index is 0.859. The molecule has 0 bridgehead atoms. The summed E-state index contributed by atoms with van der Waals surface area (Å²) in [6, 6.07) is 0.859. The van der Waals surface area contributed by atoms with Crippen molar-refractivity contribution in [3.05, 3.63) is 18.0 Å². The lowest BCUT2D eigenvalue weighted by molar-refractivity contribution is 0.283. The van der Waals surface area contributed by atoms with Crippen molar-refractivity contribution in [3.63, 3.8) is 0 Å². The fourth-order valence-electron chi connectivity index (χ4n) is 3.67. The van der Waals surface area contributed by atoms with Gasteiger partial charge in [-0.25, -0.2) is 0 Å². The summed E-state index contributed by atoms with van der Waals surface area (Å²) in [7, 11) is 2.01. The molecule has 2 aliphatic rings. The van der Waals surface area contributed by atoms with Crippen LogP contribution in [0.1, 0.15) is 56.9 Å². The van der Waals surface area contributed by atoms with Crippen LogP contribution in [0.3, 0.4) is 0 Å². The predicted octanol–water partition coefficient (Wildman–Crippen LogP) is 3.30. The zero-order chi connectivity index (χ0) is 13.8. The molecule has 0 spiro atoms. The zero-order valence-corrected chi connectivity index (χ0v) is 12.9. The Balaban J connectivity index is 1.51. The molecular formula is C17H29N3. The van der Waals surface area contributed by atoms with E-state index in [1.165, 1.54) is 69.9 Å². The second-order valence-electron chi connectivity index (χ2n) is 6.90. The molecule has 1 aromatic rings. The monoisotopic (exact) mass is 275 g/mol. The molecule has 112 valence electrons. The summed E-state index contributed by atoms with van der Waals surface area (Å²) in [4.78, 5) is 0. The van der Waals surface area contributed by atoms with Crippen LogP contribution in [0.25, 0.3) is 0 Å². The maximum Gasteiger partial charge on any atom is 0.0521 e. The number of aryl methyl sites for hydroxylation is 2. The minimum absolute atomic E-state index is 0.859. The first-order valence-corrected chi connectivity index (χ1v) is 8.52. The largest absolute Gasteiger partial charge is 0.314 e. The molecule has 3 rings (SSSR count). The first-order chi connectivity index (χ1) is 9.81. The number of nitrogens with one attached hydrogen (secondary N) is 1. The van der Waals surface area contributed by atoms with Gasteiger partial charge in [-0.3, -0.25) is 4.68 Å².